The first-order chi connectivity index (χ1) is 10.1. The van der Waals surface area contributed by atoms with Gasteiger partial charge >= 0.3 is 0 Å². The molecule has 0 amide bonds. The smallest absolute Gasteiger partial charge is 0.129 e. The maximum absolute atomic E-state index is 13.9. The molecule has 1 unspecified atom stereocenters. The van der Waals surface area contributed by atoms with Crippen molar-refractivity contribution in [2.24, 2.45) is 5.73 Å². The van der Waals surface area contributed by atoms with E-state index in [9.17, 15) is 8.78 Å². The number of nitrogens with zero attached hydrogens (tertiary/aromatic N) is 1. The van der Waals surface area contributed by atoms with E-state index in [0.717, 1.165) is 25.9 Å². The highest BCUT2D eigenvalue weighted by atomic mass is 19.1. The van der Waals surface area contributed by atoms with Crippen molar-refractivity contribution < 1.29 is 8.78 Å². The van der Waals surface area contributed by atoms with E-state index in [4.69, 9.17) is 5.73 Å². The van der Waals surface area contributed by atoms with Gasteiger partial charge in [0.1, 0.15) is 11.6 Å². The lowest BCUT2D eigenvalue weighted by molar-refractivity contribution is 0.0915. The Labute approximate surface area is 125 Å². The molecule has 0 aromatic heterocycles. The van der Waals surface area contributed by atoms with Gasteiger partial charge in [-0.3, -0.25) is 4.90 Å². The minimum Gasteiger partial charge on any atom is -0.326 e. The Hall–Kier alpha value is -1.00. The molecular weight excluding hydrogens is 270 g/mol. The molecule has 1 saturated heterocycles. The SMILES string of the molecule is NC(Cc1c(F)cccc1F)C1(N2CCCC2)CCCC1. The van der Waals surface area contributed by atoms with Crippen LogP contribution in [-0.2, 0) is 6.42 Å². The van der Waals surface area contributed by atoms with E-state index >= 15 is 0 Å². The third-order valence-corrected chi connectivity index (χ3v) is 5.38. The second-order valence-corrected chi connectivity index (χ2v) is 6.52. The third kappa shape index (κ3) is 2.71. The van der Waals surface area contributed by atoms with Crippen LogP contribution in [0.15, 0.2) is 18.2 Å². The van der Waals surface area contributed by atoms with Gasteiger partial charge in [0.15, 0.2) is 0 Å². The first-order valence-corrected chi connectivity index (χ1v) is 8.07. The van der Waals surface area contributed by atoms with E-state index in [-0.39, 0.29) is 23.6 Å². The maximum atomic E-state index is 13.9. The van der Waals surface area contributed by atoms with Crippen molar-refractivity contribution in [3.05, 3.63) is 35.4 Å². The number of benzene rings is 1. The van der Waals surface area contributed by atoms with Crippen LogP contribution in [0.3, 0.4) is 0 Å². The van der Waals surface area contributed by atoms with Gasteiger partial charge in [0.05, 0.1) is 0 Å². The average molecular weight is 294 g/mol. The van der Waals surface area contributed by atoms with Gasteiger partial charge < -0.3 is 5.73 Å². The summed E-state index contributed by atoms with van der Waals surface area (Å²) < 4.78 is 27.8. The van der Waals surface area contributed by atoms with Gasteiger partial charge in [0.2, 0.25) is 0 Å². The molecule has 0 spiro atoms. The number of hydrogen-bond acceptors (Lipinski definition) is 2. The lowest BCUT2D eigenvalue weighted by Gasteiger charge is -2.43. The zero-order chi connectivity index (χ0) is 14.9. The first kappa shape index (κ1) is 14.9. The van der Waals surface area contributed by atoms with Gasteiger partial charge in [-0.05, 0) is 57.3 Å². The summed E-state index contributed by atoms with van der Waals surface area (Å²) in [5.41, 5.74) is 6.59. The number of halogens is 2. The molecule has 1 saturated carbocycles. The van der Waals surface area contributed by atoms with Crippen LogP contribution >= 0.6 is 0 Å². The molecule has 1 heterocycles. The molecular formula is C17H24F2N2. The number of hydrogen-bond donors (Lipinski definition) is 1. The fraction of sp³-hybridized carbons (Fsp3) is 0.647. The molecule has 1 aromatic carbocycles. The van der Waals surface area contributed by atoms with E-state index in [1.165, 1.54) is 43.9 Å². The molecule has 116 valence electrons. The predicted octanol–water partition coefficient (Wildman–Crippen LogP) is 3.24. The van der Waals surface area contributed by atoms with E-state index < -0.39 is 11.6 Å². The molecule has 2 aliphatic rings. The zero-order valence-electron chi connectivity index (χ0n) is 12.5. The lowest BCUT2D eigenvalue weighted by atomic mass is 9.83. The van der Waals surface area contributed by atoms with E-state index in [1.54, 1.807) is 0 Å². The summed E-state index contributed by atoms with van der Waals surface area (Å²) in [7, 11) is 0. The van der Waals surface area contributed by atoms with Crippen molar-refractivity contribution in [2.75, 3.05) is 13.1 Å². The highest BCUT2D eigenvalue weighted by molar-refractivity contribution is 5.22. The molecule has 21 heavy (non-hydrogen) atoms. The fourth-order valence-corrected chi connectivity index (χ4v) is 4.21. The Kier molecular flexibility index (Phi) is 4.27. The van der Waals surface area contributed by atoms with Crippen molar-refractivity contribution in [3.63, 3.8) is 0 Å². The average Bonchev–Trinajstić information content (AvgIpc) is 3.13. The molecule has 4 heteroatoms. The van der Waals surface area contributed by atoms with E-state index in [2.05, 4.69) is 4.90 Å². The van der Waals surface area contributed by atoms with Gasteiger partial charge in [-0.25, -0.2) is 8.78 Å². The van der Waals surface area contributed by atoms with Crippen LogP contribution in [0.2, 0.25) is 0 Å². The van der Waals surface area contributed by atoms with Crippen LogP contribution in [0.25, 0.3) is 0 Å². The highest BCUT2D eigenvalue weighted by Crippen LogP contribution is 2.40. The Bertz CT molecular complexity index is 471. The molecule has 2 fully saturated rings. The summed E-state index contributed by atoms with van der Waals surface area (Å²) in [6.07, 6.45) is 7.17. The Balaban J connectivity index is 1.83. The standard InChI is InChI=1S/C17H24F2N2/c18-14-6-5-7-15(19)13(14)12-16(20)17(8-1-2-9-17)21-10-3-4-11-21/h5-7,16H,1-4,8-12,20H2. The van der Waals surface area contributed by atoms with Gasteiger partial charge in [0.25, 0.3) is 0 Å². The Morgan fingerprint density at radius 1 is 1.05 bits per heavy atom. The first-order valence-electron chi connectivity index (χ1n) is 8.07. The van der Waals surface area contributed by atoms with Gasteiger partial charge in [-0.2, -0.15) is 0 Å². The van der Waals surface area contributed by atoms with Crippen LogP contribution in [0.1, 0.15) is 44.1 Å². The van der Waals surface area contributed by atoms with E-state index in [0.29, 0.717) is 0 Å². The van der Waals surface area contributed by atoms with Crippen molar-refractivity contribution >= 4 is 0 Å². The molecule has 2 nitrogen and oxygen atoms in total. The molecule has 0 radical (unpaired) electrons. The van der Waals surface area contributed by atoms with Crippen LogP contribution in [-0.4, -0.2) is 29.6 Å². The number of nitrogens with two attached hydrogens (primary N) is 1. The quantitative estimate of drug-likeness (QED) is 0.923. The van der Waals surface area contributed by atoms with Gasteiger partial charge in [-0.15, -0.1) is 0 Å². The monoisotopic (exact) mass is 294 g/mol. The third-order valence-electron chi connectivity index (χ3n) is 5.38. The van der Waals surface area contributed by atoms with Crippen molar-refractivity contribution in [3.8, 4) is 0 Å². The zero-order valence-corrected chi connectivity index (χ0v) is 12.5. The maximum Gasteiger partial charge on any atom is 0.129 e. The van der Waals surface area contributed by atoms with Crippen molar-refractivity contribution in [1.29, 1.82) is 0 Å². The van der Waals surface area contributed by atoms with Crippen LogP contribution < -0.4 is 5.73 Å². The number of rotatable bonds is 4. The molecule has 1 aromatic rings. The minimum atomic E-state index is -0.472. The van der Waals surface area contributed by atoms with Crippen LogP contribution in [0, 0.1) is 11.6 Å². The summed E-state index contributed by atoms with van der Waals surface area (Å²) in [4.78, 5) is 2.49. The molecule has 1 atom stereocenters. The van der Waals surface area contributed by atoms with Gasteiger partial charge in [0, 0.05) is 17.1 Å². The Morgan fingerprint density at radius 2 is 1.62 bits per heavy atom. The molecule has 1 aliphatic heterocycles. The van der Waals surface area contributed by atoms with Crippen LogP contribution in [0.5, 0.6) is 0 Å². The summed E-state index contributed by atoms with van der Waals surface area (Å²) in [5, 5.41) is 0. The minimum absolute atomic E-state index is 0.0504. The second-order valence-electron chi connectivity index (χ2n) is 6.52. The van der Waals surface area contributed by atoms with Crippen molar-refractivity contribution in [1.82, 2.24) is 4.90 Å². The largest absolute Gasteiger partial charge is 0.326 e. The van der Waals surface area contributed by atoms with E-state index in [1.807, 2.05) is 0 Å². The lowest BCUT2D eigenvalue weighted by Crippen LogP contribution is -2.58. The fourth-order valence-electron chi connectivity index (χ4n) is 4.21. The summed E-state index contributed by atoms with van der Waals surface area (Å²) in [6.45, 7) is 2.15. The molecule has 2 N–H and O–H groups in total. The van der Waals surface area contributed by atoms with Gasteiger partial charge in [-0.1, -0.05) is 18.9 Å². The predicted molar refractivity (Wildman–Crippen MR) is 80.0 cm³/mol. The molecule has 3 rings (SSSR count). The summed E-state index contributed by atoms with van der Waals surface area (Å²) in [5.74, 6) is -0.944. The topological polar surface area (TPSA) is 29.3 Å². The normalized spacial score (nSPS) is 23.6. The summed E-state index contributed by atoms with van der Waals surface area (Å²) >= 11 is 0. The molecule has 0 bridgehead atoms. The highest BCUT2D eigenvalue weighted by Gasteiger charge is 2.45. The Morgan fingerprint density at radius 3 is 2.19 bits per heavy atom. The van der Waals surface area contributed by atoms with Crippen molar-refractivity contribution in [2.45, 2.75) is 56.5 Å². The molecule has 1 aliphatic carbocycles. The summed E-state index contributed by atoms with van der Waals surface area (Å²) in [6, 6.07) is 3.85. The van der Waals surface area contributed by atoms with Crippen LogP contribution in [0.4, 0.5) is 8.78 Å². The second kappa shape index (κ2) is 6.01. The number of likely N-dealkylation sites (tertiary alicyclic amines) is 1.